The summed E-state index contributed by atoms with van der Waals surface area (Å²) in [5.74, 6) is -0.871. The number of anilines is 1. The number of carbonyl (C=O) groups is 2. The zero-order chi connectivity index (χ0) is 18.7. The molecule has 2 aromatic rings. The Labute approximate surface area is 160 Å². The van der Waals surface area contributed by atoms with Crippen LogP contribution in [0.25, 0.3) is 6.08 Å². The molecule has 1 amide bonds. The highest BCUT2D eigenvalue weighted by molar-refractivity contribution is 8.27. The van der Waals surface area contributed by atoms with Crippen molar-refractivity contribution in [1.29, 1.82) is 0 Å². The topological polar surface area (TPSA) is 66.8 Å². The van der Waals surface area contributed by atoms with Crippen molar-refractivity contribution in [3.8, 4) is 5.75 Å². The number of hydrogen-bond donors (Lipinski definition) is 1. The Morgan fingerprint density at radius 3 is 2.65 bits per heavy atom. The van der Waals surface area contributed by atoms with E-state index >= 15 is 0 Å². The number of para-hydroxylation sites is 2. The lowest BCUT2D eigenvalue weighted by atomic mass is 10.1. The van der Waals surface area contributed by atoms with Crippen molar-refractivity contribution in [1.82, 2.24) is 0 Å². The van der Waals surface area contributed by atoms with Crippen LogP contribution in [0.2, 0.25) is 0 Å². The number of thioether (sulfide) groups is 1. The minimum atomic E-state index is -1.06. The van der Waals surface area contributed by atoms with Gasteiger partial charge in [-0.15, -0.1) is 0 Å². The Morgan fingerprint density at radius 2 is 1.92 bits per heavy atom. The third-order valence-electron chi connectivity index (χ3n) is 3.71. The first-order valence-electron chi connectivity index (χ1n) is 7.74. The van der Waals surface area contributed by atoms with Gasteiger partial charge in [0.1, 0.15) is 5.75 Å². The lowest BCUT2D eigenvalue weighted by molar-refractivity contribution is -0.139. The molecule has 1 aliphatic heterocycles. The van der Waals surface area contributed by atoms with E-state index in [4.69, 9.17) is 22.1 Å². The average molecular weight is 385 g/mol. The number of aryl methyl sites for hydroxylation is 1. The maximum absolute atomic E-state index is 12.9. The zero-order valence-corrected chi connectivity index (χ0v) is 15.5. The molecule has 1 fully saturated rings. The van der Waals surface area contributed by atoms with Crippen LogP contribution < -0.4 is 9.64 Å². The number of carboxylic acids is 1. The fourth-order valence-electron chi connectivity index (χ4n) is 2.50. The molecule has 0 bridgehead atoms. The molecule has 0 radical (unpaired) electrons. The molecule has 5 nitrogen and oxygen atoms in total. The second-order valence-corrected chi connectivity index (χ2v) is 7.20. The predicted octanol–water partition coefficient (Wildman–Crippen LogP) is 3.86. The van der Waals surface area contributed by atoms with Gasteiger partial charge in [-0.1, -0.05) is 60.4 Å². The number of nitrogens with zero attached hydrogens (tertiary/aromatic N) is 1. The number of rotatable bonds is 5. The summed E-state index contributed by atoms with van der Waals surface area (Å²) in [6, 6.07) is 14.5. The maximum Gasteiger partial charge on any atom is 0.341 e. The van der Waals surface area contributed by atoms with Crippen molar-refractivity contribution in [3.05, 3.63) is 64.6 Å². The van der Waals surface area contributed by atoms with Crippen molar-refractivity contribution >= 4 is 51.9 Å². The van der Waals surface area contributed by atoms with Gasteiger partial charge in [-0.05, 0) is 30.7 Å². The minimum absolute atomic E-state index is 0.206. The van der Waals surface area contributed by atoms with Gasteiger partial charge in [0.25, 0.3) is 5.91 Å². The molecule has 1 aliphatic rings. The van der Waals surface area contributed by atoms with E-state index in [2.05, 4.69) is 0 Å². The highest BCUT2D eigenvalue weighted by Gasteiger charge is 2.34. The van der Waals surface area contributed by atoms with Crippen LogP contribution in [-0.2, 0) is 9.59 Å². The average Bonchev–Trinajstić information content (AvgIpc) is 2.88. The van der Waals surface area contributed by atoms with Crippen LogP contribution in [0.3, 0.4) is 0 Å². The number of ether oxygens (including phenoxy) is 1. The van der Waals surface area contributed by atoms with Crippen LogP contribution in [0.4, 0.5) is 5.69 Å². The summed E-state index contributed by atoms with van der Waals surface area (Å²) >= 11 is 6.60. The number of hydrogen-bond acceptors (Lipinski definition) is 5. The van der Waals surface area contributed by atoms with Crippen LogP contribution in [-0.4, -0.2) is 27.9 Å². The smallest absolute Gasteiger partial charge is 0.341 e. The molecule has 26 heavy (non-hydrogen) atoms. The highest BCUT2D eigenvalue weighted by Crippen LogP contribution is 2.38. The van der Waals surface area contributed by atoms with Gasteiger partial charge >= 0.3 is 5.97 Å². The van der Waals surface area contributed by atoms with Gasteiger partial charge in [0, 0.05) is 5.56 Å². The summed E-state index contributed by atoms with van der Waals surface area (Å²) in [6.07, 6.45) is 1.68. The first kappa shape index (κ1) is 18.2. The normalized spacial score (nSPS) is 15.6. The maximum atomic E-state index is 12.9. The fraction of sp³-hybridized carbons (Fsp3) is 0.105. The number of amides is 1. The molecule has 0 aliphatic carbocycles. The monoisotopic (exact) mass is 385 g/mol. The van der Waals surface area contributed by atoms with E-state index in [1.165, 1.54) is 16.7 Å². The molecule has 1 N–H and O–H groups in total. The van der Waals surface area contributed by atoms with Crippen molar-refractivity contribution in [2.24, 2.45) is 0 Å². The van der Waals surface area contributed by atoms with E-state index in [0.29, 0.717) is 20.5 Å². The van der Waals surface area contributed by atoms with Gasteiger partial charge < -0.3 is 9.84 Å². The van der Waals surface area contributed by atoms with Gasteiger partial charge in [-0.25, -0.2) is 4.79 Å². The molecule has 1 heterocycles. The van der Waals surface area contributed by atoms with Gasteiger partial charge in [0.15, 0.2) is 10.9 Å². The fourth-order valence-corrected chi connectivity index (χ4v) is 3.78. The van der Waals surface area contributed by atoms with E-state index in [1.807, 2.05) is 31.2 Å². The first-order chi connectivity index (χ1) is 12.5. The number of thiocarbonyl (C=S) groups is 1. The molecule has 1 saturated heterocycles. The van der Waals surface area contributed by atoms with Crippen molar-refractivity contribution in [3.63, 3.8) is 0 Å². The molecule has 2 aromatic carbocycles. The van der Waals surface area contributed by atoms with Crippen LogP contribution in [0.5, 0.6) is 5.75 Å². The van der Waals surface area contributed by atoms with E-state index in [9.17, 15) is 9.59 Å². The van der Waals surface area contributed by atoms with Crippen LogP contribution >= 0.6 is 24.0 Å². The molecule has 0 atom stereocenters. The summed E-state index contributed by atoms with van der Waals surface area (Å²) in [6.45, 7) is 1.47. The van der Waals surface area contributed by atoms with E-state index in [1.54, 1.807) is 30.3 Å². The zero-order valence-electron chi connectivity index (χ0n) is 13.8. The lowest BCUT2D eigenvalue weighted by Gasteiger charge is -2.16. The third-order valence-corrected chi connectivity index (χ3v) is 5.01. The van der Waals surface area contributed by atoms with Crippen LogP contribution in [0, 0.1) is 6.92 Å². The molecule has 7 heteroatoms. The summed E-state index contributed by atoms with van der Waals surface area (Å²) in [7, 11) is 0. The molecule has 132 valence electrons. The van der Waals surface area contributed by atoms with Crippen LogP contribution in [0.1, 0.15) is 11.1 Å². The van der Waals surface area contributed by atoms with E-state index in [0.717, 1.165) is 11.3 Å². The van der Waals surface area contributed by atoms with Gasteiger partial charge in [-0.2, -0.15) is 0 Å². The lowest BCUT2D eigenvalue weighted by Crippen LogP contribution is -2.28. The second-order valence-electron chi connectivity index (χ2n) is 5.52. The Balaban J connectivity index is 1.92. The van der Waals surface area contributed by atoms with Gasteiger partial charge in [-0.3, -0.25) is 9.69 Å². The summed E-state index contributed by atoms with van der Waals surface area (Å²) in [5, 5.41) is 8.79. The van der Waals surface area contributed by atoms with Crippen molar-refractivity contribution < 1.29 is 19.4 Å². The van der Waals surface area contributed by atoms with Crippen molar-refractivity contribution in [2.45, 2.75) is 6.92 Å². The summed E-state index contributed by atoms with van der Waals surface area (Å²) < 4.78 is 5.75. The Kier molecular flexibility index (Phi) is 5.39. The molecule has 0 saturated carbocycles. The Hall–Kier alpha value is -2.64. The van der Waals surface area contributed by atoms with E-state index < -0.39 is 12.6 Å². The second kappa shape index (κ2) is 7.72. The number of carbonyl (C=O) groups excluding carboxylic acids is 1. The first-order valence-corrected chi connectivity index (χ1v) is 8.97. The molecule has 3 rings (SSSR count). The van der Waals surface area contributed by atoms with Gasteiger partial charge in [0.2, 0.25) is 0 Å². The third kappa shape index (κ3) is 3.79. The quantitative estimate of drug-likeness (QED) is 0.623. The number of aliphatic carboxylic acids is 1. The van der Waals surface area contributed by atoms with Crippen LogP contribution in [0.15, 0.2) is 53.4 Å². The Morgan fingerprint density at radius 1 is 1.23 bits per heavy atom. The number of carboxylic acid groups (broad SMARTS) is 1. The Bertz CT molecular complexity index is 923. The molecular weight excluding hydrogens is 370 g/mol. The largest absolute Gasteiger partial charge is 0.481 e. The van der Waals surface area contributed by atoms with Gasteiger partial charge in [0.05, 0.1) is 10.6 Å². The van der Waals surface area contributed by atoms with Crippen molar-refractivity contribution in [2.75, 3.05) is 11.5 Å². The summed E-state index contributed by atoms with van der Waals surface area (Å²) in [5.41, 5.74) is 2.34. The standard InChI is InChI=1S/C19H15NO4S2/c1-12-6-2-4-8-14(12)20-18(23)16(26-19(20)25)10-13-7-3-5-9-15(13)24-11-17(21)22/h2-10H,11H2,1H3,(H,21,22)/b16-10+. The number of benzene rings is 2. The molecule has 0 aromatic heterocycles. The predicted molar refractivity (Wildman–Crippen MR) is 106 cm³/mol. The molecule has 0 spiro atoms. The SMILES string of the molecule is Cc1ccccc1N1C(=O)/C(=C\c2ccccc2OCC(=O)O)SC1=S. The highest BCUT2D eigenvalue weighted by atomic mass is 32.2. The van der Waals surface area contributed by atoms with E-state index in [-0.39, 0.29) is 5.91 Å². The molecular formula is C19H15NO4S2. The minimum Gasteiger partial charge on any atom is -0.481 e. The summed E-state index contributed by atoms with van der Waals surface area (Å²) in [4.78, 5) is 25.6. The molecule has 0 unspecified atom stereocenters.